The van der Waals surface area contributed by atoms with Crippen LogP contribution in [-0.2, 0) is 15.7 Å². The van der Waals surface area contributed by atoms with Gasteiger partial charge in [-0.25, -0.2) is 0 Å². The van der Waals surface area contributed by atoms with Crippen molar-refractivity contribution >= 4 is 0 Å². The molecule has 7 heavy (non-hydrogen) atoms. The van der Waals surface area contributed by atoms with Crippen LogP contribution in [0.3, 0.4) is 0 Å². The van der Waals surface area contributed by atoms with Crippen molar-refractivity contribution in [3.05, 3.63) is 20.2 Å². The standard InChI is InChI=1S/Cr.2NO2/c;2*2-1-3. The van der Waals surface area contributed by atoms with Gasteiger partial charge in [0.1, 0.15) is 0 Å². The maximum absolute atomic E-state index is 9.20. The van der Waals surface area contributed by atoms with Crippen molar-refractivity contribution in [1.29, 1.82) is 0 Å². The number of rotatable bonds is 2. The molecule has 0 saturated heterocycles. The third-order valence-electron chi connectivity index (χ3n) is 0.133. The summed E-state index contributed by atoms with van der Waals surface area (Å²) in [4.78, 5) is 18.4. The van der Waals surface area contributed by atoms with E-state index in [0.717, 1.165) is 0 Å². The average molecular weight is 144 g/mol. The number of hydrogen-bond donors (Lipinski definition) is 0. The summed E-state index contributed by atoms with van der Waals surface area (Å²) in [6.45, 7) is 0. The molecule has 0 bridgehead atoms. The Bertz CT molecular complexity index is 85.9. The first-order valence-corrected chi connectivity index (χ1v) is 2.24. The predicted octanol–water partition coefficient (Wildman–Crippen LogP) is -0.548. The summed E-state index contributed by atoms with van der Waals surface area (Å²) < 4.78 is -1.88. The van der Waals surface area contributed by atoms with Crippen molar-refractivity contribution in [3.63, 3.8) is 0 Å². The van der Waals surface area contributed by atoms with Gasteiger partial charge in [-0.3, -0.25) is 0 Å². The van der Waals surface area contributed by atoms with Crippen LogP contribution in [0.2, 0.25) is 0 Å². The van der Waals surface area contributed by atoms with Crippen LogP contribution in [0.4, 0.5) is 0 Å². The molecule has 0 saturated carbocycles. The fraction of sp³-hybridized carbons (Fsp3) is 0. The molecule has 0 N–H and O–H groups in total. The Hall–Kier alpha value is -0.668. The molecule has 0 spiro atoms. The fourth-order valence-electron chi connectivity index (χ4n) is 0.0544. The Morgan fingerprint density at radius 2 is 1.43 bits per heavy atom. The van der Waals surface area contributed by atoms with E-state index in [1.165, 1.54) is 0 Å². The molecular formula is CrN2O4. The molecule has 0 unspecified atom stereocenters. The summed E-state index contributed by atoms with van der Waals surface area (Å²) in [6.07, 6.45) is 0. The number of nitrogens with zero attached hydrogens (tertiary/aromatic N) is 2. The van der Waals surface area contributed by atoms with Gasteiger partial charge in [-0.2, -0.15) is 0 Å². The van der Waals surface area contributed by atoms with Crippen LogP contribution in [0.5, 0.6) is 0 Å². The molecule has 40 valence electrons. The van der Waals surface area contributed by atoms with Gasteiger partial charge in [0.2, 0.25) is 0 Å². The molecule has 0 rings (SSSR count). The van der Waals surface area contributed by atoms with Gasteiger partial charge < -0.3 is 0 Å². The molecule has 0 aliphatic rings. The van der Waals surface area contributed by atoms with Gasteiger partial charge in [-0.1, -0.05) is 0 Å². The summed E-state index contributed by atoms with van der Waals surface area (Å²) in [5.74, 6) is 0. The van der Waals surface area contributed by atoms with Crippen molar-refractivity contribution < 1.29 is 23.5 Å². The summed E-state index contributed by atoms with van der Waals surface area (Å²) in [5.41, 5.74) is 0. The predicted molar refractivity (Wildman–Crippen MR) is 14.0 cm³/mol. The molecule has 0 amide bonds. The van der Waals surface area contributed by atoms with Crippen LogP contribution >= 0.6 is 0 Å². The van der Waals surface area contributed by atoms with Crippen molar-refractivity contribution in [1.82, 2.24) is 0 Å². The van der Waals surface area contributed by atoms with Crippen LogP contribution in [0.15, 0.2) is 0 Å². The first-order valence-electron chi connectivity index (χ1n) is 1.10. The third-order valence-corrected chi connectivity index (χ3v) is 0.550. The van der Waals surface area contributed by atoms with E-state index in [0.29, 0.717) is 0 Å². The topological polar surface area (TPSA) is 86.3 Å². The normalized spacial score (nSPS) is 8.00. The Kier molecular flexibility index (Phi) is 2.26. The molecule has 0 radical (unpaired) electrons. The molecule has 0 aliphatic heterocycles. The van der Waals surface area contributed by atoms with Crippen molar-refractivity contribution in [2.45, 2.75) is 0 Å². The minimum atomic E-state index is -1.68. The van der Waals surface area contributed by atoms with E-state index in [4.69, 9.17) is 0 Å². The van der Waals surface area contributed by atoms with E-state index >= 15 is 0 Å². The van der Waals surface area contributed by atoms with Gasteiger partial charge in [0.15, 0.2) is 0 Å². The Morgan fingerprint density at radius 3 is 1.43 bits per heavy atom. The molecule has 0 aliphatic carbocycles. The van der Waals surface area contributed by atoms with E-state index in [1.807, 2.05) is 0 Å². The van der Waals surface area contributed by atoms with Crippen LogP contribution in [0.1, 0.15) is 0 Å². The minimum absolute atomic E-state index is 0.938. The molecule has 7 heteroatoms. The van der Waals surface area contributed by atoms with Crippen LogP contribution < -0.4 is 0 Å². The molecule has 0 atom stereocenters. The number of nitro groups is 2. The van der Waals surface area contributed by atoms with E-state index in [9.17, 15) is 20.2 Å². The average Bonchev–Trinajstić information content (AvgIpc) is 1.27. The molecule has 0 aromatic heterocycles. The van der Waals surface area contributed by atoms with Gasteiger partial charge >= 0.3 is 43.7 Å². The second kappa shape index (κ2) is 2.50. The van der Waals surface area contributed by atoms with E-state index in [2.05, 4.69) is 0 Å². The zero-order valence-corrected chi connectivity index (χ0v) is 4.21. The second-order valence-electron chi connectivity index (χ2n) is 0.529. The quantitative estimate of drug-likeness (QED) is 0.384. The summed E-state index contributed by atoms with van der Waals surface area (Å²) in [7, 11) is 0. The molecule has 0 heterocycles. The Balaban J connectivity index is 3.32. The molecule has 0 fully saturated rings. The Labute approximate surface area is 44.6 Å². The second-order valence-corrected chi connectivity index (χ2v) is 1.71. The first kappa shape index (κ1) is 6.33. The summed E-state index contributed by atoms with van der Waals surface area (Å²) in [5, 5.41) is 18.4. The zero-order chi connectivity index (χ0) is 5.86. The monoisotopic (exact) mass is 144 g/mol. The van der Waals surface area contributed by atoms with Crippen LogP contribution in [0, 0.1) is 20.2 Å². The van der Waals surface area contributed by atoms with Crippen LogP contribution in [0.25, 0.3) is 0 Å². The number of hydrogen-bond acceptors (Lipinski definition) is 4. The van der Waals surface area contributed by atoms with E-state index in [1.54, 1.807) is 0 Å². The first-order chi connectivity index (χ1) is 3.13. The fourth-order valence-corrected chi connectivity index (χ4v) is 0.224. The Morgan fingerprint density at radius 1 is 1.14 bits per heavy atom. The summed E-state index contributed by atoms with van der Waals surface area (Å²) in [6, 6.07) is 0. The van der Waals surface area contributed by atoms with Gasteiger partial charge in [0.05, 0.1) is 0 Å². The van der Waals surface area contributed by atoms with Gasteiger partial charge in [0.25, 0.3) is 0 Å². The molecule has 0 aromatic carbocycles. The van der Waals surface area contributed by atoms with Gasteiger partial charge in [-0.15, -0.1) is 0 Å². The SMILES string of the molecule is O=[N+]([O-])[Cr][N+](=O)[O-]. The van der Waals surface area contributed by atoms with Crippen molar-refractivity contribution in [3.8, 4) is 0 Å². The molecular weight excluding hydrogens is 144 g/mol. The van der Waals surface area contributed by atoms with Gasteiger partial charge in [0, 0.05) is 0 Å². The maximum atomic E-state index is 9.20. The molecule has 0 aromatic rings. The summed E-state index contributed by atoms with van der Waals surface area (Å²) >= 11 is -1.68. The third kappa shape index (κ3) is 5.33. The van der Waals surface area contributed by atoms with Crippen molar-refractivity contribution in [2.24, 2.45) is 0 Å². The van der Waals surface area contributed by atoms with Gasteiger partial charge in [-0.05, 0) is 0 Å². The van der Waals surface area contributed by atoms with Crippen LogP contribution in [-0.4, -0.2) is 7.81 Å². The van der Waals surface area contributed by atoms with E-state index < -0.39 is 23.5 Å². The van der Waals surface area contributed by atoms with E-state index in [-0.39, 0.29) is 0 Å². The zero-order valence-electron chi connectivity index (χ0n) is 2.94. The molecule has 6 nitrogen and oxygen atoms in total. The van der Waals surface area contributed by atoms with Crippen molar-refractivity contribution in [2.75, 3.05) is 0 Å².